The van der Waals surface area contributed by atoms with Crippen molar-refractivity contribution < 1.29 is 9.47 Å². The third-order valence-electron chi connectivity index (χ3n) is 4.71. The number of benzene rings is 2. The molecule has 0 fully saturated rings. The first-order chi connectivity index (χ1) is 14.3. The Hall–Kier alpha value is -3.58. The summed E-state index contributed by atoms with van der Waals surface area (Å²) in [6, 6.07) is 20.1. The highest BCUT2D eigenvalue weighted by molar-refractivity contribution is 7.22. The number of nitrogens with one attached hydrogen (secondary N) is 1. The maximum atomic E-state index is 5.51. The minimum atomic E-state index is 0.632. The number of hydrogen-bond acceptors (Lipinski definition) is 6. The number of methoxy groups -OCH3 is 2. The van der Waals surface area contributed by atoms with Gasteiger partial charge in [0.05, 0.1) is 31.0 Å². The van der Waals surface area contributed by atoms with Crippen LogP contribution in [0.1, 0.15) is 0 Å². The number of thiophene rings is 1. The summed E-state index contributed by atoms with van der Waals surface area (Å²) in [6.07, 6.45) is 1.86. The maximum absolute atomic E-state index is 5.51. The minimum absolute atomic E-state index is 0.632. The zero-order valence-corrected chi connectivity index (χ0v) is 16.7. The lowest BCUT2D eigenvalue weighted by atomic mass is 10.2. The summed E-state index contributed by atoms with van der Waals surface area (Å²) < 4.78 is 14.0. The largest absolute Gasteiger partial charge is 0.493 e. The average Bonchev–Trinajstić information content (AvgIpc) is 3.36. The molecule has 29 heavy (non-hydrogen) atoms. The quantitative estimate of drug-likeness (QED) is 0.428. The molecule has 0 aliphatic carbocycles. The van der Waals surface area contributed by atoms with Gasteiger partial charge < -0.3 is 14.8 Å². The Morgan fingerprint density at radius 1 is 0.966 bits per heavy atom. The molecule has 6 nitrogen and oxygen atoms in total. The number of rotatable bonds is 5. The topological polar surface area (TPSA) is 60.7 Å². The van der Waals surface area contributed by atoms with E-state index in [9.17, 15) is 0 Å². The molecule has 7 heteroatoms. The number of anilines is 2. The van der Waals surface area contributed by atoms with Gasteiger partial charge in [0, 0.05) is 4.70 Å². The van der Waals surface area contributed by atoms with Crippen molar-refractivity contribution in [3.8, 4) is 22.1 Å². The van der Waals surface area contributed by atoms with Crippen LogP contribution < -0.4 is 14.8 Å². The molecule has 0 bridgehead atoms. The van der Waals surface area contributed by atoms with Gasteiger partial charge in [-0.05, 0) is 41.8 Å². The van der Waals surface area contributed by atoms with Crippen LogP contribution in [-0.2, 0) is 0 Å². The number of aromatic nitrogens is 3. The number of hydrogen-bond donors (Lipinski definition) is 1. The molecule has 1 N–H and O–H groups in total. The van der Waals surface area contributed by atoms with Crippen molar-refractivity contribution in [1.82, 2.24) is 14.6 Å². The van der Waals surface area contributed by atoms with E-state index in [2.05, 4.69) is 40.6 Å². The summed E-state index contributed by atoms with van der Waals surface area (Å²) in [4.78, 5) is 5.64. The lowest BCUT2D eigenvalue weighted by Gasteiger charge is -2.13. The fourth-order valence-corrected chi connectivity index (χ4v) is 4.40. The van der Waals surface area contributed by atoms with Gasteiger partial charge in [-0.1, -0.05) is 24.3 Å². The van der Waals surface area contributed by atoms with Gasteiger partial charge in [-0.15, -0.1) is 16.4 Å². The van der Waals surface area contributed by atoms with E-state index >= 15 is 0 Å². The van der Waals surface area contributed by atoms with E-state index in [0.717, 1.165) is 21.9 Å². The van der Waals surface area contributed by atoms with E-state index in [1.165, 1.54) is 10.1 Å². The number of ether oxygens (including phenoxy) is 2. The molecule has 3 heterocycles. The van der Waals surface area contributed by atoms with Gasteiger partial charge in [0.1, 0.15) is 5.69 Å². The van der Waals surface area contributed by atoms with Crippen molar-refractivity contribution in [2.24, 2.45) is 0 Å². The van der Waals surface area contributed by atoms with E-state index in [0.29, 0.717) is 17.3 Å². The molecule has 0 radical (unpaired) electrons. The molecule has 5 rings (SSSR count). The van der Waals surface area contributed by atoms with Crippen LogP contribution in [0.2, 0.25) is 0 Å². The van der Waals surface area contributed by atoms with Gasteiger partial charge in [0.15, 0.2) is 23.0 Å². The fourth-order valence-electron chi connectivity index (χ4n) is 3.34. The maximum Gasteiger partial charge on any atom is 0.184 e. The SMILES string of the molecule is COc1cccc(Nc2ccc3ncc(-c4cc5ccccc5s4)n3n2)c1OC. The number of nitrogens with zero attached hydrogens (tertiary/aromatic N) is 3. The smallest absolute Gasteiger partial charge is 0.184 e. The lowest BCUT2D eigenvalue weighted by Crippen LogP contribution is -2.02. The molecule has 0 unspecified atom stereocenters. The summed E-state index contributed by atoms with van der Waals surface area (Å²) >= 11 is 1.73. The molecule has 0 amide bonds. The van der Waals surface area contributed by atoms with Crippen LogP contribution in [0.5, 0.6) is 11.5 Å². The Kier molecular flexibility index (Phi) is 4.29. The summed E-state index contributed by atoms with van der Waals surface area (Å²) in [5.41, 5.74) is 2.53. The van der Waals surface area contributed by atoms with Gasteiger partial charge in [-0.3, -0.25) is 0 Å². The third-order valence-corrected chi connectivity index (χ3v) is 5.84. The normalized spacial score (nSPS) is 11.1. The molecule has 0 spiro atoms. The number of fused-ring (bicyclic) bond motifs is 2. The van der Waals surface area contributed by atoms with Crippen molar-refractivity contribution in [3.05, 3.63) is 66.9 Å². The van der Waals surface area contributed by atoms with Gasteiger partial charge in [-0.25, -0.2) is 9.50 Å². The van der Waals surface area contributed by atoms with Crippen LogP contribution in [0, 0.1) is 0 Å². The second-order valence-electron chi connectivity index (χ2n) is 6.45. The molecule has 3 aromatic heterocycles. The molecule has 5 aromatic rings. The Labute approximate surface area is 171 Å². The highest BCUT2D eigenvalue weighted by atomic mass is 32.1. The lowest BCUT2D eigenvalue weighted by molar-refractivity contribution is 0.356. The zero-order valence-electron chi connectivity index (χ0n) is 15.9. The Balaban J connectivity index is 1.57. The summed E-state index contributed by atoms with van der Waals surface area (Å²) in [6.45, 7) is 0. The van der Waals surface area contributed by atoms with E-state index in [1.54, 1.807) is 25.6 Å². The van der Waals surface area contributed by atoms with E-state index in [4.69, 9.17) is 14.6 Å². The number of para-hydroxylation sites is 1. The molecular weight excluding hydrogens is 384 g/mol. The van der Waals surface area contributed by atoms with Crippen LogP contribution in [0.4, 0.5) is 11.5 Å². The second-order valence-corrected chi connectivity index (χ2v) is 7.53. The van der Waals surface area contributed by atoms with Gasteiger partial charge in [-0.2, -0.15) is 0 Å². The molecule has 0 aliphatic heterocycles. The second kappa shape index (κ2) is 7.10. The van der Waals surface area contributed by atoms with Crippen molar-refractivity contribution in [3.63, 3.8) is 0 Å². The van der Waals surface area contributed by atoms with Gasteiger partial charge in [0.25, 0.3) is 0 Å². The fraction of sp³-hybridized carbons (Fsp3) is 0.0909. The minimum Gasteiger partial charge on any atom is -0.493 e. The highest BCUT2D eigenvalue weighted by Gasteiger charge is 2.13. The van der Waals surface area contributed by atoms with Gasteiger partial charge in [0.2, 0.25) is 0 Å². The molecular formula is C22H18N4O2S. The predicted molar refractivity (Wildman–Crippen MR) is 117 cm³/mol. The van der Waals surface area contributed by atoms with Crippen LogP contribution in [0.3, 0.4) is 0 Å². The molecule has 0 saturated heterocycles. The summed E-state index contributed by atoms with van der Waals surface area (Å²) in [5.74, 6) is 1.98. The van der Waals surface area contributed by atoms with Gasteiger partial charge >= 0.3 is 0 Å². The van der Waals surface area contributed by atoms with Crippen molar-refractivity contribution in [2.45, 2.75) is 0 Å². The first kappa shape index (κ1) is 17.5. The standard InChI is InChI=1S/C22H18N4O2S/c1-27-17-8-5-7-15(22(17)28-2)24-20-10-11-21-23-13-16(26(21)25-20)19-12-14-6-3-4-9-18(14)29-19/h3-13H,1-2H3,(H,24,25). The average molecular weight is 402 g/mol. The summed E-state index contributed by atoms with van der Waals surface area (Å²) in [5, 5.41) is 9.31. The van der Waals surface area contributed by atoms with E-state index < -0.39 is 0 Å². The number of imidazole rings is 1. The van der Waals surface area contributed by atoms with E-state index in [1.807, 2.05) is 41.0 Å². The predicted octanol–water partition coefficient (Wildman–Crippen LogP) is 5.37. The van der Waals surface area contributed by atoms with Crippen molar-refractivity contribution in [1.29, 1.82) is 0 Å². The molecule has 144 valence electrons. The Bertz CT molecular complexity index is 1290. The van der Waals surface area contributed by atoms with Crippen LogP contribution in [0.25, 0.3) is 26.3 Å². The Morgan fingerprint density at radius 3 is 2.69 bits per heavy atom. The molecule has 0 aliphatic rings. The zero-order chi connectivity index (χ0) is 19.8. The summed E-state index contributed by atoms with van der Waals surface area (Å²) in [7, 11) is 3.24. The molecule has 0 saturated carbocycles. The first-order valence-electron chi connectivity index (χ1n) is 9.08. The van der Waals surface area contributed by atoms with E-state index in [-0.39, 0.29) is 0 Å². The highest BCUT2D eigenvalue weighted by Crippen LogP contribution is 2.37. The van der Waals surface area contributed by atoms with Crippen LogP contribution in [0.15, 0.2) is 66.9 Å². The molecule has 2 aromatic carbocycles. The third kappa shape index (κ3) is 3.05. The monoisotopic (exact) mass is 402 g/mol. The van der Waals surface area contributed by atoms with Crippen molar-refractivity contribution >= 4 is 38.6 Å². The van der Waals surface area contributed by atoms with Crippen LogP contribution in [-0.4, -0.2) is 28.8 Å². The first-order valence-corrected chi connectivity index (χ1v) is 9.90. The van der Waals surface area contributed by atoms with Crippen LogP contribution >= 0.6 is 11.3 Å². The molecule has 0 atom stereocenters. The Morgan fingerprint density at radius 2 is 1.86 bits per heavy atom. The van der Waals surface area contributed by atoms with Crippen molar-refractivity contribution in [2.75, 3.05) is 19.5 Å².